The van der Waals surface area contributed by atoms with Crippen molar-refractivity contribution in [1.29, 1.82) is 0 Å². The molecule has 0 saturated heterocycles. The minimum absolute atomic E-state index is 0.0821. The summed E-state index contributed by atoms with van der Waals surface area (Å²) in [6, 6.07) is 11.5. The molecule has 94 valence electrons. The predicted octanol–water partition coefficient (Wildman–Crippen LogP) is 2.32. The van der Waals surface area contributed by atoms with Gasteiger partial charge in [-0.25, -0.2) is 4.68 Å². The average molecular weight is 243 g/mol. The van der Waals surface area contributed by atoms with Gasteiger partial charge in [0.05, 0.1) is 11.4 Å². The molecule has 0 aliphatic heterocycles. The van der Waals surface area contributed by atoms with Gasteiger partial charge in [0.15, 0.2) is 0 Å². The highest BCUT2D eigenvalue weighted by atomic mass is 16.2. The Morgan fingerprint density at radius 2 is 2.06 bits per heavy atom. The molecule has 1 aromatic carbocycles. The quantitative estimate of drug-likeness (QED) is 0.895. The smallest absolute Gasteiger partial charge is 0.270 e. The van der Waals surface area contributed by atoms with Gasteiger partial charge < -0.3 is 5.32 Å². The Labute approximate surface area is 107 Å². The number of aryl methyl sites for hydroxylation is 1. The Morgan fingerprint density at radius 1 is 1.33 bits per heavy atom. The SMILES string of the molecule is CCCNC(=O)c1cc(C)nn1-c1ccccc1. The molecule has 0 radical (unpaired) electrons. The first kappa shape index (κ1) is 12.4. The van der Waals surface area contributed by atoms with Crippen LogP contribution in [0.25, 0.3) is 5.69 Å². The van der Waals surface area contributed by atoms with Crippen LogP contribution in [0.1, 0.15) is 29.5 Å². The van der Waals surface area contributed by atoms with Crippen LogP contribution < -0.4 is 5.32 Å². The number of hydrogen-bond donors (Lipinski definition) is 1. The number of amides is 1. The molecule has 1 N–H and O–H groups in total. The Balaban J connectivity index is 2.34. The first-order valence-electron chi connectivity index (χ1n) is 6.12. The molecule has 1 aromatic heterocycles. The number of carbonyl (C=O) groups is 1. The van der Waals surface area contributed by atoms with Crippen molar-refractivity contribution in [2.75, 3.05) is 6.54 Å². The molecule has 2 rings (SSSR count). The van der Waals surface area contributed by atoms with Crippen molar-refractivity contribution in [3.05, 3.63) is 47.8 Å². The number of para-hydroxylation sites is 1. The van der Waals surface area contributed by atoms with Crippen molar-refractivity contribution >= 4 is 5.91 Å². The van der Waals surface area contributed by atoms with Gasteiger partial charge in [0.25, 0.3) is 5.91 Å². The van der Waals surface area contributed by atoms with E-state index in [1.54, 1.807) is 10.7 Å². The van der Waals surface area contributed by atoms with Crippen LogP contribution >= 0.6 is 0 Å². The van der Waals surface area contributed by atoms with Crippen molar-refractivity contribution in [2.45, 2.75) is 20.3 Å². The highest BCUT2D eigenvalue weighted by Crippen LogP contribution is 2.12. The molecule has 4 nitrogen and oxygen atoms in total. The van der Waals surface area contributed by atoms with Gasteiger partial charge in [-0.1, -0.05) is 25.1 Å². The van der Waals surface area contributed by atoms with Crippen LogP contribution in [0.4, 0.5) is 0 Å². The monoisotopic (exact) mass is 243 g/mol. The van der Waals surface area contributed by atoms with Crippen molar-refractivity contribution in [1.82, 2.24) is 15.1 Å². The minimum Gasteiger partial charge on any atom is -0.351 e. The van der Waals surface area contributed by atoms with E-state index in [0.29, 0.717) is 12.2 Å². The molecule has 0 aliphatic carbocycles. The number of hydrogen-bond acceptors (Lipinski definition) is 2. The van der Waals surface area contributed by atoms with Crippen molar-refractivity contribution < 1.29 is 4.79 Å². The lowest BCUT2D eigenvalue weighted by Crippen LogP contribution is -2.26. The van der Waals surface area contributed by atoms with E-state index in [0.717, 1.165) is 17.8 Å². The van der Waals surface area contributed by atoms with E-state index in [1.807, 2.05) is 44.2 Å². The normalized spacial score (nSPS) is 10.3. The summed E-state index contributed by atoms with van der Waals surface area (Å²) < 4.78 is 1.68. The van der Waals surface area contributed by atoms with E-state index in [2.05, 4.69) is 10.4 Å². The summed E-state index contributed by atoms with van der Waals surface area (Å²) in [5.41, 5.74) is 2.31. The zero-order valence-electron chi connectivity index (χ0n) is 10.7. The van der Waals surface area contributed by atoms with E-state index < -0.39 is 0 Å². The topological polar surface area (TPSA) is 46.9 Å². The van der Waals surface area contributed by atoms with Gasteiger partial charge in [-0.15, -0.1) is 0 Å². The third-order valence-electron chi connectivity index (χ3n) is 2.60. The molecule has 0 spiro atoms. The summed E-state index contributed by atoms with van der Waals surface area (Å²) in [7, 11) is 0. The third kappa shape index (κ3) is 2.59. The molecule has 0 atom stereocenters. The maximum Gasteiger partial charge on any atom is 0.270 e. The summed E-state index contributed by atoms with van der Waals surface area (Å²) in [6.45, 7) is 4.59. The predicted molar refractivity (Wildman–Crippen MR) is 70.9 cm³/mol. The van der Waals surface area contributed by atoms with Crippen LogP contribution in [0.5, 0.6) is 0 Å². The molecule has 0 saturated carbocycles. The number of carbonyl (C=O) groups excluding carboxylic acids is 1. The zero-order chi connectivity index (χ0) is 13.0. The molecular weight excluding hydrogens is 226 g/mol. The summed E-state index contributed by atoms with van der Waals surface area (Å²) in [6.07, 6.45) is 0.921. The average Bonchev–Trinajstić information content (AvgIpc) is 2.79. The first-order chi connectivity index (χ1) is 8.72. The summed E-state index contributed by atoms with van der Waals surface area (Å²) in [4.78, 5) is 12.0. The molecule has 0 unspecified atom stereocenters. The molecular formula is C14H17N3O. The van der Waals surface area contributed by atoms with E-state index in [9.17, 15) is 4.79 Å². The third-order valence-corrected chi connectivity index (χ3v) is 2.60. The van der Waals surface area contributed by atoms with Gasteiger partial charge in [-0.05, 0) is 31.5 Å². The summed E-state index contributed by atoms with van der Waals surface area (Å²) >= 11 is 0. The second kappa shape index (κ2) is 5.49. The maximum atomic E-state index is 12.0. The number of rotatable bonds is 4. The van der Waals surface area contributed by atoms with Crippen molar-refractivity contribution in [2.24, 2.45) is 0 Å². The molecule has 1 amide bonds. The molecule has 0 fully saturated rings. The van der Waals surface area contributed by atoms with Crippen LogP contribution in [0.3, 0.4) is 0 Å². The Bertz CT molecular complexity index is 531. The first-order valence-corrected chi connectivity index (χ1v) is 6.12. The lowest BCUT2D eigenvalue weighted by atomic mass is 10.3. The Hall–Kier alpha value is -2.10. The summed E-state index contributed by atoms with van der Waals surface area (Å²) in [5, 5.41) is 7.24. The molecule has 2 aromatic rings. The molecule has 1 heterocycles. The fraction of sp³-hybridized carbons (Fsp3) is 0.286. The van der Waals surface area contributed by atoms with Gasteiger partial charge in [0, 0.05) is 6.54 Å². The largest absolute Gasteiger partial charge is 0.351 e. The van der Waals surface area contributed by atoms with Gasteiger partial charge in [0.2, 0.25) is 0 Å². The van der Waals surface area contributed by atoms with Gasteiger partial charge in [-0.3, -0.25) is 4.79 Å². The maximum absolute atomic E-state index is 12.0. The van der Waals surface area contributed by atoms with Crippen LogP contribution in [0, 0.1) is 6.92 Å². The lowest BCUT2D eigenvalue weighted by molar-refractivity contribution is 0.0946. The molecule has 4 heteroatoms. The molecule has 0 aliphatic rings. The van der Waals surface area contributed by atoms with Gasteiger partial charge in [-0.2, -0.15) is 5.10 Å². The van der Waals surface area contributed by atoms with Crippen molar-refractivity contribution in [3.8, 4) is 5.69 Å². The fourth-order valence-corrected chi connectivity index (χ4v) is 1.76. The number of aromatic nitrogens is 2. The van der Waals surface area contributed by atoms with Gasteiger partial charge >= 0.3 is 0 Å². The number of nitrogens with one attached hydrogen (secondary N) is 1. The Morgan fingerprint density at radius 3 is 2.72 bits per heavy atom. The summed E-state index contributed by atoms with van der Waals surface area (Å²) in [5.74, 6) is -0.0821. The number of nitrogens with zero attached hydrogens (tertiary/aromatic N) is 2. The highest BCUT2D eigenvalue weighted by Gasteiger charge is 2.14. The van der Waals surface area contributed by atoms with Crippen LogP contribution in [0.15, 0.2) is 36.4 Å². The highest BCUT2D eigenvalue weighted by molar-refractivity contribution is 5.93. The van der Waals surface area contributed by atoms with E-state index >= 15 is 0 Å². The van der Waals surface area contributed by atoms with Crippen LogP contribution in [-0.2, 0) is 0 Å². The van der Waals surface area contributed by atoms with Crippen molar-refractivity contribution in [3.63, 3.8) is 0 Å². The second-order valence-corrected chi connectivity index (χ2v) is 4.17. The Kier molecular flexibility index (Phi) is 3.77. The van der Waals surface area contributed by atoms with E-state index in [1.165, 1.54) is 0 Å². The van der Waals surface area contributed by atoms with Crippen LogP contribution in [-0.4, -0.2) is 22.2 Å². The lowest BCUT2D eigenvalue weighted by Gasteiger charge is -2.07. The minimum atomic E-state index is -0.0821. The number of benzene rings is 1. The molecule has 0 bridgehead atoms. The van der Waals surface area contributed by atoms with Gasteiger partial charge in [0.1, 0.15) is 5.69 Å². The van der Waals surface area contributed by atoms with Crippen LogP contribution in [0.2, 0.25) is 0 Å². The van der Waals surface area contributed by atoms with E-state index in [4.69, 9.17) is 0 Å². The second-order valence-electron chi connectivity index (χ2n) is 4.17. The van der Waals surface area contributed by atoms with E-state index in [-0.39, 0.29) is 5.91 Å². The fourth-order valence-electron chi connectivity index (χ4n) is 1.76. The molecule has 18 heavy (non-hydrogen) atoms. The zero-order valence-corrected chi connectivity index (χ0v) is 10.7. The standard InChI is InChI=1S/C14H17N3O/c1-3-9-15-14(18)13-10-11(2)16-17(13)12-7-5-4-6-8-12/h4-8,10H,3,9H2,1-2H3,(H,15,18).